The van der Waals surface area contributed by atoms with Gasteiger partial charge in [-0.1, -0.05) is 20.8 Å². The topological polar surface area (TPSA) is 209 Å². The highest BCUT2D eigenvalue weighted by atomic mass is 32.3. The van der Waals surface area contributed by atoms with Crippen LogP contribution in [0.3, 0.4) is 0 Å². The Bertz CT molecular complexity index is 2160. The van der Waals surface area contributed by atoms with Crippen molar-refractivity contribution in [2.45, 2.75) is 74.8 Å². The highest BCUT2D eigenvalue weighted by Gasteiger charge is 2.54. The summed E-state index contributed by atoms with van der Waals surface area (Å²) < 4.78 is 47.4. The fourth-order valence-corrected chi connectivity index (χ4v) is 11.3. The number of hydrogen-bond acceptors (Lipinski definition) is 14. The molecule has 356 valence electrons. The van der Waals surface area contributed by atoms with Crippen molar-refractivity contribution in [3.63, 3.8) is 0 Å². The van der Waals surface area contributed by atoms with Gasteiger partial charge in [0.15, 0.2) is 0 Å². The van der Waals surface area contributed by atoms with Crippen molar-refractivity contribution in [3.8, 4) is 17.2 Å². The number of likely N-dealkylation sites (N-methyl/N-ethyl adjacent to an activating group) is 6. The molecule has 0 bridgehead atoms. The van der Waals surface area contributed by atoms with Gasteiger partial charge in [0.2, 0.25) is 0 Å². The molecule has 0 saturated carbocycles. The van der Waals surface area contributed by atoms with Gasteiger partial charge in [-0.05, 0) is 112 Å². The Morgan fingerprint density at radius 2 is 0.754 bits per heavy atom. The lowest BCUT2D eigenvalue weighted by atomic mass is 9.81. The number of ether oxygens (including phenoxy) is 3. The first-order valence-electron chi connectivity index (χ1n) is 21.5. The SMILES string of the molecule is CNC(=O)Oc1ccc2c(c1)[C@]1(C)CCN(C)[C@@H]1N2C.CNC(=O)Oc1ccc2c(c1)[C@]1(C)CCN(C)[C@@H]1N2C.CNC(=O)Oc1ccc2c(c1)[C@]1(C)CCN(C)[C@@H]1N2C.O=S(=O)(O)O. The van der Waals surface area contributed by atoms with Gasteiger partial charge >= 0.3 is 28.7 Å². The number of carbonyl (C=O) groups excluding carboxylic acids is 3. The normalized spacial score (nSPS) is 26.9. The lowest BCUT2D eigenvalue weighted by Gasteiger charge is -2.32. The van der Waals surface area contributed by atoms with E-state index >= 15 is 0 Å². The smallest absolute Gasteiger partial charge is 0.410 e. The molecule has 3 aromatic rings. The van der Waals surface area contributed by atoms with E-state index in [9.17, 15) is 14.4 Å². The molecule has 6 heterocycles. The Morgan fingerprint density at radius 1 is 0.523 bits per heavy atom. The largest absolute Gasteiger partial charge is 0.412 e. The molecular weight excluding hydrogens is 859 g/mol. The predicted octanol–water partition coefficient (Wildman–Crippen LogP) is 4.67. The minimum absolute atomic E-state index is 0.0981. The maximum atomic E-state index is 11.4. The van der Waals surface area contributed by atoms with Crippen LogP contribution in [0.1, 0.15) is 56.7 Å². The molecule has 3 amide bonds. The molecule has 9 rings (SSSR count). The molecule has 6 aliphatic rings. The van der Waals surface area contributed by atoms with E-state index in [0.717, 1.165) is 38.9 Å². The lowest BCUT2D eigenvalue weighted by Crippen LogP contribution is -2.45. The van der Waals surface area contributed by atoms with Crippen LogP contribution in [0, 0.1) is 0 Å². The summed E-state index contributed by atoms with van der Waals surface area (Å²) in [5.41, 5.74) is 7.81. The van der Waals surface area contributed by atoms with Crippen LogP contribution in [-0.4, -0.2) is 152 Å². The zero-order valence-corrected chi connectivity index (χ0v) is 40.2. The summed E-state index contributed by atoms with van der Waals surface area (Å²) in [6, 6.07) is 17.8. The third kappa shape index (κ3) is 9.37. The molecule has 0 radical (unpaired) electrons. The van der Waals surface area contributed by atoms with Crippen molar-refractivity contribution < 1.29 is 46.1 Å². The molecule has 3 saturated heterocycles. The number of hydrogen-bond donors (Lipinski definition) is 5. The highest BCUT2D eigenvalue weighted by Crippen LogP contribution is 2.54. The zero-order chi connectivity index (χ0) is 48.0. The first-order valence-corrected chi connectivity index (χ1v) is 22.9. The number of amides is 3. The average Bonchev–Trinajstić information content (AvgIpc) is 4.01. The van der Waals surface area contributed by atoms with Crippen LogP contribution in [0.25, 0.3) is 0 Å². The molecule has 65 heavy (non-hydrogen) atoms. The van der Waals surface area contributed by atoms with Gasteiger partial charge < -0.3 is 44.9 Å². The molecule has 3 aromatic carbocycles. The Hall–Kier alpha value is -5.38. The van der Waals surface area contributed by atoms with Crippen molar-refractivity contribution in [2.24, 2.45) is 0 Å². The molecule has 19 nitrogen and oxygen atoms in total. The van der Waals surface area contributed by atoms with Crippen molar-refractivity contribution in [1.82, 2.24) is 30.7 Å². The van der Waals surface area contributed by atoms with Crippen LogP contribution >= 0.6 is 0 Å². The van der Waals surface area contributed by atoms with Gasteiger partial charge in [-0.3, -0.25) is 23.8 Å². The second-order valence-electron chi connectivity index (χ2n) is 18.3. The first kappa shape index (κ1) is 49.1. The quantitative estimate of drug-likeness (QED) is 0.226. The van der Waals surface area contributed by atoms with Gasteiger partial charge in [-0.15, -0.1) is 0 Å². The molecule has 0 aliphatic carbocycles. The van der Waals surface area contributed by atoms with Gasteiger partial charge in [-0.2, -0.15) is 8.42 Å². The number of carbonyl (C=O) groups is 3. The molecule has 5 N–H and O–H groups in total. The van der Waals surface area contributed by atoms with Gasteiger partial charge in [0, 0.05) is 95.2 Å². The molecular formula is C45H65N9O10S. The monoisotopic (exact) mass is 923 g/mol. The minimum atomic E-state index is -4.67. The molecule has 0 unspecified atom stereocenters. The predicted molar refractivity (Wildman–Crippen MR) is 249 cm³/mol. The Kier molecular flexibility index (Phi) is 13.9. The van der Waals surface area contributed by atoms with Crippen LogP contribution in [-0.2, 0) is 26.6 Å². The number of nitrogens with one attached hydrogen (secondary N) is 3. The van der Waals surface area contributed by atoms with Crippen molar-refractivity contribution in [1.29, 1.82) is 0 Å². The Labute approximate surface area is 382 Å². The molecule has 20 heteroatoms. The summed E-state index contributed by atoms with van der Waals surface area (Å²) in [6.07, 6.45) is 3.22. The third-order valence-electron chi connectivity index (χ3n) is 14.1. The molecule has 3 fully saturated rings. The number of nitrogens with zero attached hydrogens (tertiary/aromatic N) is 6. The third-order valence-corrected chi connectivity index (χ3v) is 14.1. The standard InChI is InChI=1S/3C15H21N3O2.H2O4S/c3*1-15-7-8-17(3)13(15)18(4)12-6-5-10(9-11(12)15)20-14(19)16-2;1-5(2,3)4/h3*5-6,9,13H,7-8H2,1-4H3,(H,16,19);(H2,1,2,3,4)/t3*13-,15+;/m111./s1. The van der Waals surface area contributed by atoms with Crippen molar-refractivity contribution in [2.75, 3.05) is 97.8 Å². The lowest BCUT2D eigenvalue weighted by molar-refractivity contribution is 0.202. The highest BCUT2D eigenvalue weighted by molar-refractivity contribution is 7.79. The van der Waals surface area contributed by atoms with Crippen LogP contribution < -0.4 is 44.9 Å². The fourth-order valence-electron chi connectivity index (χ4n) is 11.3. The summed E-state index contributed by atoms with van der Waals surface area (Å²) in [7, 11) is 12.9. The van der Waals surface area contributed by atoms with Gasteiger partial charge in [0.1, 0.15) is 17.2 Å². The van der Waals surface area contributed by atoms with E-state index in [2.05, 4.69) is 108 Å². The van der Waals surface area contributed by atoms with E-state index in [-0.39, 0.29) is 16.2 Å². The number of fused-ring (bicyclic) bond motifs is 9. The fraction of sp³-hybridized carbons (Fsp3) is 0.533. The molecule has 0 aromatic heterocycles. The van der Waals surface area contributed by atoms with Crippen molar-refractivity contribution >= 4 is 45.7 Å². The summed E-state index contributed by atoms with van der Waals surface area (Å²) in [5.74, 6) is 1.81. The minimum Gasteiger partial charge on any atom is -0.410 e. The maximum Gasteiger partial charge on any atom is 0.412 e. The van der Waals surface area contributed by atoms with Crippen LogP contribution in [0.5, 0.6) is 17.2 Å². The number of likely N-dealkylation sites (tertiary alicyclic amines) is 3. The van der Waals surface area contributed by atoms with E-state index in [1.807, 2.05) is 54.6 Å². The summed E-state index contributed by atoms with van der Waals surface area (Å²) in [5, 5.41) is 7.42. The van der Waals surface area contributed by atoms with Gasteiger partial charge in [0.25, 0.3) is 0 Å². The zero-order valence-electron chi connectivity index (χ0n) is 39.4. The van der Waals surface area contributed by atoms with Crippen LogP contribution in [0.4, 0.5) is 31.4 Å². The van der Waals surface area contributed by atoms with Gasteiger partial charge in [-0.25, -0.2) is 14.4 Å². The average molecular weight is 924 g/mol. The van der Waals surface area contributed by atoms with Gasteiger partial charge in [0.05, 0.1) is 18.5 Å². The molecule has 6 aliphatic heterocycles. The molecule has 0 spiro atoms. The number of anilines is 3. The van der Waals surface area contributed by atoms with Crippen LogP contribution in [0.15, 0.2) is 54.6 Å². The maximum absolute atomic E-state index is 11.4. The first-order chi connectivity index (χ1) is 30.4. The summed E-state index contributed by atoms with van der Waals surface area (Å²) in [6.45, 7) is 10.2. The summed E-state index contributed by atoms with van der Waals surface area (Å²) >= 11 is 0. The number of benzene rings is 3. The Balaban J connectivity index is 0.000000153. The van der Waals surface area contributed by atoms with Crippen LogP contribution in [0.2, 0.25) is 0 Å². The number of rotatable bonds is 3. The van der Waals surface area contributed by atoms with Crippen molar-refractivity contribution in [3.05, 3.63) is 71.3 Å². The van der Waals surface area contributed by atoms with E-state index in [1.165, 1.54) is 33.8 Å². The van der Waals surface area contributed by atoms with E-state index in [1.54, 1.807) is 21.1 Å². The van der Waals surface area contributed by atoms with E-state index in [0.29, 0.717) is 35.7 Å². The second-order valence-corrected chi connectivity index (χ2v) is 19.2. The van der Waals surface area contributed by atoms with E-state index < -0.39 is 28.7 Å². The Morgan fingerprint density at radius 3 is 0.969 bits per heavy atom. The molecule has 6 atom stereocenters. The van der Waals surface area contributed by atoms with E-state index in [4.69, 9.17) is 31.7 Å². The second kappa shape index (κ2) is 18.5. The summed E-state index contributed by atoms with van der Waals surface area (Å²) in [4.78, 5) is 48.2.